The van der Waals surface area contributed by atoms with Crippen LogP contribution < -0.4 is 11.1 Å². The second kappa shape index (κ2) is 7.75. The van der Waals surface area contributed by atoms with Crippen LogP contribution >= 0.6 is 0 Å². The predicted octanol–water partition coefficient (Wildman–Crippen LogP) is -1.75. The summed E-state index contributed by atoms with van der Waals surface area (Å²) in [5.74, 6) is -0.237. The lowest BCUT2D eigenvalue weighted by molar-refractivity contribution is -0.123. The maximum Gasteiger partial charge on any atom is 0.242 e. The number of hydrogen-bond acceptors (Lipinski definition) is 6. The molecule has 1 rings (SSSR count). The molecule has 1 unspecified atom stereocenters. The molecule has 0 spiro atoms. The first-order valence-electron chi connectivity index (χ1n) is 5.67. The molecule has 0 radical (unpaired) electrons. The molecule has 0 saturated heterocycles. The van der Waals surface area contributed by atoms with Crippen LogP contribution in [0.5, 0.6) is 0 Å². The van der Waals surface area contributed by atoms with Gasteiger partial charge in [-0.1, -0.05) is 5.21 Å². The summed E-state index contributed by atoms with van der Waals surface area (Å²) in [6.07, 6.45) is 2.17. The fraction of sp³-hybridized carbons (Fsp3) is 0.700. The van der Waals surface area contributed by atoms with E-state index in [-0.39, 0.29) is 31.6 Å². The minimum Gasteiger partial charge on any atom is -0.394 e. The monoisotopic (exact) mass is 257 g/mol. The maximum atomic E-state index is 11.7. The average molecular weight is 257 g/mol. The third-order valence-corrected chi connectivity index (χ3v) is 2.36. The molecular weight excluding hydrogens is 238 g/mol. The van der Waals surface area contributed by atoms with Crippen LogP contribution in [0.4, 0.5) is 0 Å². The molecule has 1 atom stereocenters. The van der Waals surface area contributed by atoms with Crippen LogP contribution in [0.3, 0.4) is 0 Å². The first-order valence-corrected chi connectivity index (χ1v) is 5.67. The van der Waals surface area contributed by atoms with Gasteiger partial charge in [-0.2, -0.15) is 0 Å². The minimum atomic E-state index is -0.310. The molecule has 0 aliphatic rings. The highest BCUT2D eigenvalue weighted by atomic mass is 16.5. The van der Waals surface area contributed by atoms with E-state index in [1.165, 1.54) is 4.68 Å². The molecule has 0 bridgehead atoms. The predicted molar refractivity (Wildman–Crippen MR) is 63.4 cm³/mol. The summed E-state index contributed by atoms with van der Waals surface area (Å²) in [5.41, 5.74) is 6.01. The maximum absolute atomic E-state index is 11.7. The van der Waals surface area contributed by atoms with E-state index in [1.54, 1.807) is 13.3 Å². The number of methoxy groups -OCH3 is 1. The lowest BCUT2D eigenvalue weighted by atomic mass is 10.2. The zero-order valence-electron chi connectivity index (χ0n) is 10.4. The summed E-state index contributed by atoms with van der Waals surface area (Å²) in [5, 5.41) is 19.3. The zero-order valence-corrected chi connectivity index (χ0v) is 10.4. The van der Waals surface area contributed by atoms with Gasteiger partial charge in [0.15, 0.2) is 0 Å². The molecule has 4 N–H and O–H groups in total. The number of ether oxygens (including phenoxy) is 1. The first kappa shape index (κ1) is 14.6. The van der Waals surface area contributed by atoms with Crippen molar-refractivity contribution in [3.63, 3.8) is 0 Å². The molecule has 18 heavy (non-hydrogen) atoms. The molecule has 1 amide bonds. The van der Waals surface area contributed by atoms with Gasteiger partial charge in [-0.3, -0.25) is 4.79 Å². The molecule has 8 heteroatoms. The molecule has 0 saturated carbocycles. The summed E-state index contributed by atoms with van der Waals surface area (Å²) >= 11 is 0. The molecule has 8 nitrogen and oxygen atoms in total. The Labute approximate surface area is 105 Å². The molecular formula is C10H19N5O3. The van der Waals surface area contributed by atoms with E-state index < -0.39 is 0 Å². The Morgan fingerprint density at radius 3 is 3.06 bits per heavy atom. The standard InChI is InChI=1S/C10H19N5O3/c1-18-3-2-8(7-16)12-10(17)6-15-5-9(4-11)13-14-15/h5,8,16H,2-4,6-7,11H2,1H3,(H,12,17). The Morgan fingerprint density at radius 2 is 2.50 bits per heavy atom. The third-order valence-electron chi connectivity index (χ3n) is 2.36. The smallest absolute Gasteiger partial charge is 0.242 e. The Bertz CT molecular complexity index is 368. The van der Waals surface area contributed by atoms with Crippen molar-refractivity contribution in [3.05, 3.63) is 11.9 Å². The van der Waals surface area contributed by atoms with Gasteiger partial charge in [-0.15, -0.1) is 5.10 Å². The van der Waals surface area contributed by atoms with Crippen molar-refractivity contribution in [1.82, 2.24) is 20.3 Å². The summed E-state index contributed by atoms with van der Waals surface area (Å²) in [4.78, 5) is 11.7. The summed E-state index contributed by atoms with van der Waals surface area (Å²) in [7, 11) is 1.57. The number of amides is 1. The van der Waals surface area contributed by atoms with Gasteiger partial charge in [0, 0.05) is 20.3 Å². The van der Waals surface area contributed by atoms with E-state index in [0.717, 1.165) is 0 Å². The van der Waals surface area contributed by atoms with Gasteiger partial charge in [0.25, 0.3) is 0 Å². The van der Waals surface area contributed by atoms with Crippen LogP contribution in [0.2, 0.25) is 0 Å². The molecule has 0 fully saturated rings. The second-order valence-corrected chi connectivity index (χ2v) is 3.84. The van der Waals surface area contributed by atoms with Crippen molar-refractivity contribution in [2.24, 2.45) is 5.73 Å². The number of nitrogens with one attached hydrogen (secondary N) is 1. The van der Waals surface area contributed by atoms with Crippen LogP contribution in [-0.4, -0.2) is 52.4 Å². The Balaban J connectivity index is 2.39. The summed E-state index contributed by atoms with van der Waals surface area (Å²) in [6, 6.07) is -0.310. The zero-order chi connectivity index (χ0) is 13.4. The number of aliphatic hydroxyl groups excluding tert-OH is 1. The van der Waals surface area contributed by atoms with Gasteiger partial charge < -0.3 is 20.9 Å². The third kappa shape index (κ3) is 4.78. The number of nitrogens with zero attached hydrogens (tertiary/aromatic N) is 3. The number of nitrogens with two attached hydrogens (primary N) is 1. The van der Waals surface area contributed by atoms with Crippen molar-refractivity contribution in [2.45, 2.75) is 25.6 Å². The van der Waals surface area contributed by atoms with Gasteiger partial charge >= 0.3 is 0 Å². The summed E-state index contributed by atoms with van der Waals surface area (Å²) < 4.78 is 6.29. The highest BCUT2D eigenvalue weighted by Crippen LogP contribution is 1.94. The van der Waals surface area contributed by atoms with E-state index in [0.29, 0.717) is 18.7 Å². The van der Waals surface area contributed by atoms with Gasteiger partial charge in [0.05, 0.1) is 24.5 Å². The SMILES string of the molecule is COCCC(CO)NC(=O)Cn1cc(CN)nn1. The fourth-order valence-corrected chi connectivity index (χ4v) is 1.40. The number of rotatable bonds is 8. The summed E-state index contributed by atoms with van der Waals surface area (Å²) in [6.45, 7) is 0.692. The van der Waals surface area contributed by atoms with Crippen LogP contribution in [0.15, 0.2) is 6.20 Å². The Morgan fingerprint density at radius 1 is 1.72 bits per heavy atom. The highest BCUT2D eigenvalue weighted by Gasteiger charge is 2.12. The van der Waals surface area contributed by atoms with Crippen molar-refractivity contribution in [2.75, 3.05) is 20.3 Å². The fourth-order valence-electron chi connectivity index (χ4n) is 1.40. The van der Waals surface area contributed by atoms with Gasteiger partial charge in [-0.25, -0.2) is 4.68 Å². The second-order valence-electron chi connectivity index (χ2n) is 3.84. The minimum absolute atomic E-state index is 0.0521. The number of aromatic nitrogens is 3. The van der Waals surface area contributed by atoms with Crippen LogP contribution in [0, 0.1) is 0 Å². The molecule has 1 heterocycles. The van der Waals surface area contributed by atoms with Crippen LogP contribution in [0.25, 0.3) is 0 Å². The van der Waals surface area contributed by atoms with E-state index in [1.807, 2.05) is 0 Å². The van der Waals surface area contributed by atoms with Gasteiger partial charge in [0.1, 0.15) is 6.54 Å². The lowest BCUT2D eigenvalue weighted by Gasteiger charge is -2.15. The van der Waals surface area contributed by atoms with Crippen LogP contribution in [0.1, 0.15) is 12.1 Å². The van der Waals surface area contributed by atoms with E-state index in [4.69, 9.17) is 15.6 Å². The largest absolute Gasteiger partial charge is 0.394 e. The lowest BCUT2D eigenvalue weighted by Crippen LogP contribution is -2.40. The van der Waals surface area contributed by atoms with Crippen molar-refractivity contribution < 1.29 is 14.6 Å². The number of hydrogen-bond donors (Lipinski definition) is 3. The number of carbonyl (C=O) groups is 1. The number of aliphatic hydroxyl groups is 1. The number of carbonyl (C=O) groups excluding carboxylic acids is 1. The quantitative estimate of drug-likeness (QED) is 0.508. The normalized spacial score (nSPS) is 12.4. The van der Waals surface area contributed by atoms with Crippen molar-refractivity contribution in [3.8, 4) is 0 Å². The van der Waals surface area contributed by atoms with E-state index in [9.17, 15) is 4.79 Å². The van der Waals surface area contributed by atoms with Crippen LogP contribution in [-0.2, 0) is 22.6 Å². The van der Waals surface area contributed by atoms with Crippen molar-refractivity contribution >= 4 is 5.91 Å². The van der Waals surface area contributed by atoms with E-state index >= 15 is 0 Å². The topological polar surface area (TPSA) is 115 Å². The molecule has 1 aromatic rings. The Hall–Kier alpha value is -1.51. The first-order chi connectivity index (χ1) is 8.69. The van der Waals surface area contributed by atoms with E-state index in [2.05, 4.69) is 15.6 Å². The van der Waals surface area contributed by atoms with Gasteiger partial charge in [-0.05, 0) is 6.42 Å². The van der Waals surface area contributed by atoms with Crippen molar-refractivity contribution in [1.29, 1.82) is 0 Å². The molecule has 1 aromatic heterocycles. The molecule has 0 aliphatic heterocycles. The van der Waals surface area contributed by atoms with Gasteiger partial charge in [0.2, 0.25) is 5.91 Å². The molecule has 0 aromatic carbocycles. The molecule has 0 aliphatic carbocycles. The average Bonchev–Trinajstić information content (AvgIpc) is 2.81. The molecule has 102 valence electrons. The Kier molecular flexibility index (Phi) is 6.26. The highest BCUT2D eigenvalue weighted by molar-refractivity contribution is 5.75.